The first-order chi connectivity index (χ1) is 17.6. The fourth-order valence-corrected chi connectivity index (χ4v) is 3.28. The van der Waals surface area contributed by atoms with E-state index < -0.39 is 34.0 Å². The highest BCUT2D eigenvalue weighted by atomic mass is 16.6. The molecule has 2 aromatic rings. The van der Waals surface area contributed by atoms with Crippen molar-refractivity contribution in [3.63, 3.8) is 0 Å². The minimum Gasteiger partial charge on any atom is -0.372 e. The van der Waals surface area contributed by atoms with E-state index in [1.165, 1.54) is 0 Å². The Bertz CT molecular complexity index is 1250. The van der Waals surface area contributed by atoms with Crippen molar-refractivity contribution in [3.8, 4) is 0 Å². The maximum Gasteiger partial charge on any atom is 0.443 e. The van der Waals surface area contributed by atoms with Crippen LogP contribution in [0.4, 0.5) is 21.0 Å². The summed E-state index contributed by atoms with van der Waals surface area (Å²) in [5.41, 5.74) is -0.800. The number of carbonyl (C=O) groups is 4. The highest BCUT2D eigenvalue weighted by molar-refractivity contribution is 6.06. The van der Waals surface area contributed by atoms with E-state index in [0.717, 1.165) is 48.5 Å². The van der Waals surface area contributed by atoms with Crippen molar-refractivity contribution in [2.45, 2.75) is 12.8 Å². The molecule has 15 nitrogen and oxygen atoms in total. The van der Waals surface area contributed by atoms with Crippen LogP contribution in [-0.2, 0) is 9.47 Å². The number of amides is 2. The third-order valence-electron chi connectivity index (χ3n) is 5.11. The third kappa shape index (κ3) is 7.72. The van der Waals surface area contributed by atoms with Crippen molar-refractivity contribution in [2.24, 2.45) is 10.9 Å². The summed E-state index contributed by atoms with van der Waals surface area (Å²) in [6, 6.07) is 8.65. The number of rotatable bonds is 6. The van der Waals surface area contributed by atoms with Gasteiger partial charge in [-0.25, -0.2) is 19.2 Å². The number of esters is 2. The van der Waals surface area contributed by atoms with Gasteiger partial charge in [-0.2, -0.15) is 4.99 Å². The maximum absolute atomic E-state index is 12.3. The van der Waals surface area contributed by atoms with Crippen molar-refractivity contribution in [1.29, 1.82) is 0 Å². The minimum absolute atomic E-state index is 0.0254. The molecule has 0 aliphatic carbocycles. The van der Waals surface area contributed by atoms with Crippen molar-refractivity contribution in [2.75, 3.05) is 13.1 Å². The fraction of sp³-hybridized carbons (Fsp3) is 0.227. The Morgan fingerprint density at radius 1 is 0.892 bits per heavy atom. The molecule has 0 bridgehead atoms. The summed E-state index contributed by atoms with van der Waals surface area (Å²) in [6.45, 7) is 1.26. The third-order valence-corrected chi connectivity index (χ3v) is 5.11. The number of aliphatic imine (C=N–C) groups is 1. The Hall–Kier alpha value is -5.05. The van der Waals surface area contributed by atoms with E-state index >= 15 is 0 Å². The van der Waals surface area contributed by atoms with E-state index in [-0.39, 0.29) is 40.7 Å². The number of hydrogen-bond donors (Lipinski definition) is 2. The molecular formula is C22H19N5O10. The van der Waals surface area contributed by atoms with Gasteiger partial charge in [0, 0.05) is 30.7 Å². The van der Waals surface area contributed by atoms with Crippen LogP contribution in [0.1, 0.15) is 33.6 Å². The fourth-order valence-electron chi connectivity index (χ4n) is 3.28. The minimum atomic E-state index is -1.37. The first kappa shape index (κ1) is 26.6. The van der Waals surface area contributed by atoms with Crippen LogP contribution in [0.3, 0.4) is 0 Å². The number of carbonyl (C=O) groups excluding carboxylic acids is 4. The summed E-state index contributed by atoms with van der Waals surface area (Å²) in [4.78, 5) is 72.6. The van der Waals surface area contributed by atoms with Gasteiger partial charge in [-0.15, -0.1) is 0 Å². The van der Waals surface area contributed by atoms with Gasteiger partial charge in [0.15, 0.2) is 0 Å². The molecule has 2 aromatic carbocycles. The molecule has 0 aromatic heterocycles. The molecule has 1 saturated heterocycles. The number of nitro groups is 2. The summed E-state index contributed by atoms with van der Waals surface area (Å²) in [5, 5.41) is 26.7. The lowest BCUT2D eigenvalue weighted by atomic mass is 10.0. The molecule has 3 rings (SSSR count). The van der Waals surface area contributed by atoms with Gasteiger partial charge in [-0.3, -0.25) is 25.5 Å². The summed E-state index contributed by atoms with van der Waals surface area (Å²) < 4.78 is 9.29. The lowest BCUT2D eigenvalue weighted by molar-refractivity contribution is -0.385. The number of nitrogens with zero attached hydrogens (tertiary/aromatic N) is 3. The van der Waals surface area contributed by atoms with Crippen molar-refractivity contribution < 1.29 is 38.5 Å². The molecular weight excluding hydrogens is 494 g/mol. The SMILES string of the molecule is O=C(N=C(C[C@@H]1CCNC1)NC(=O)OC(=O)c1ccc([N+](=O)[O-])cc1)OC(=O)c1ccc([N+](=O)[O-])cc1. The predicted octanol–water partition coefficient (Wildman–Crippen LogP) is 2.74. The topological polar surface area (TPSA) is 209 Å². The molecule has 192 valence electrons. The molecule has 1 heterocycles. The molecule has 0 unspecified atom stereocenters. The zero-order valence-corrected chi connectivity index (χ0v) is 18.9. The molecule has 1 aliphatic rings. The Kier molecular flexibility index (Phi) is 8.67. The number of hydrogen-bond acceptors (Lipinski definition) is 11. The maximum atomic E-state index is 12.3. The highest BCUT2D eigenvalue weighted by Gasteiger charge is 2.23. The van der Waals surface area contributed by atoms with Gasteiger partial charge in [-0.05, 0) is 49.7 Å². The van der Waals surface area contributed by atoms with E-state index in [2.05, 4.69) is 25.1 Å². The Morgan fingerprint density at radius 2 is 1.41 bits per heavy atom. The number of benzene rings is 2. The molecule has 0 saturated carbocycles. The standard InChI is InChI=1S/C22H19N5O10/c28-19(14-1-5-16(6-2-14)26(32)33)36-21(30)24-18(11-13-9-10-23-12-13)25-22(31)37-20(29)15-3-7-17(8-4-15)27(34)35/h1-8,13,23H,9-12H2,(H,24,25,30,31)/t13-/m0/s1. The van der Waals surface area contributed by atoms with E-state index in [9.17, 15) is 39.4 Å². The van der Waals surface area contributed by atoms with Gasteiger partial charge >= 0.3 is 24.1 Å². The van der Waals surface area contributed by atoms with Gasteiger partial charge < -0.3 is 14.8 Å². The highest BCUT2D eigenvalue weighted by Crippen LogP contribution is 2.15. The number of ether oxygens (including phenoxy) is 2. The van der Waals surface area contributed by atoms with Gasteiger partial charge in [0.05, 0.1) is 21.0 Å². The van der Waals surface area contributed by atoms with Crippen LogP contribution in [0.2, 0.25) is 0 Å². The molecule has 37 heavy (non-hydrogen) atoms. The largest absolute Gasteiger partial charge is 0.443 e. The Balaban J connectivity index is 1.66. The molecule has 15 heteroatoms. The molecule has 1 fully saturated rings. The van der Waals surface area contributed by atoms with Gasteiger partial charge in [0.2, 0.25) is 0 Å². The van der Waals surface area contributed by atoms with E-state index in [1.807, 2.05) is 0 Å². The van der Waals surface area contributed by atoms with Crippen LogP contribution in [-0.4, -0.2) is 52.9 Å². The summed E-state index contributed by atoms with van der Waals surface area (Å²) in [7, 11) is 0. The van der Waals surface area contributed by atoms with E-state index in [4.69, 9.17) is 0 Å². The van der Waals surface area contributed by atoms with Gasteiger partial charge in [-0.1, -0.05) is 0 Å². The average Bonchev–Trinajstić information content (AvgIpc) is 3.36. The summed E-state index contributed by atoms with van der Waals surface area (Å²) >= 11 is 0. The zero-order valence-electron chi connectivity index (χ0n) is 18.9. The molecule has 1 aliphatic heterocycles. The lowest BCUT2D eigenvalue weighted by Gasteiger charge is -2.12. The quantitative estimate of drug-likeness (QED) is 0.143. The molecule has 0 radical (unpaired) electrons. The Morgan fingerprint density at radius 3 is 1.86 bits per heavy atom. The van der Waals surface area contributed by atoms with Crippen LogP contribution in [0, 0.1) is 26.1 Å². The van der Waals surface area contributed by atoms with Crippen molar-refractivity contribution >= 4 is 41.3 Å². The number of nitro benzene ring substituents is 2. The molecule has 1 atom stereocenters. The van der Waals surface area contributed by atoms with Crippen LogP contribution < -0.4 is 10.6 Å². The zero-order chi connectivity index (χ0) is 26.9. The average molecular weight is 513 g/mol. The van der Waals surface area contributed by atoms with Crippen LogP contribution in [0.25, 0.3) is 0 Å². The first-order valence-corrected chi connectivity index (χ1v) is 10.7. The van der Waals surface area contributed by atoms with E-state index in [0.29, 0.717) is 19.5 Å². The first-order valence-electron chi connectivity index (χ1n) is 10.7. The lowest BCUT2D eigenvalue weighted by Crippen LogP contribution is -2.35. The molecule has 2 N–H and O–H groups in total. The number of nitrogens with one attached hydrogen (secondary N) is 2. The monoisotopic (exact) mass is 513 g/mol. The van der Waals surface area contributed by atoms with Crippen molar-refractivity contribution in [3.05, 3.63) is 79.9 Å². The molecule has 0 spiro atoms. The predicted molar refractivity (Wildman–Crippen MR) is 124 cm³/mol. The normalized spacial score (nSPS) is 14.9. The van der Waals surface area contributed by atoms with Crippen molar-refractivity contribution in [1.82, 2.24) is 10.6 Å². The second kappa shape index (κ2) is 12.1. The van der Waals surface area contributed by atoms with Crippen LogP contribution in [0.15, 0.2) is 53.5 Å². The van der Waals surface area contributed by atoms with Crippen LogP contribution in [0.5, 0.6) is 0 Å². The van der Waals surface area contributed by atoms with Crippen LogP contribution >= 0.6 is 0 Å². The van der Waals surface area contributed by atoms with E-state index in [1.54, 1.807) is 0 Å². The smallest absolute Gasteiger partial charge is 0.372 e. The second-order valence-corrected chi connectivity index (χ2v) is 7.69. The van der Waals surface area contributed by atoms with Gasteiger partial charge in [0.1, 0.15) is 5.84 Å². The number of amidine groups is 1. The summed E-state index contributed by atoms with van der Waals surface area (Å²) in [6.07, 6.45) is -1.86. The number of alkyl carbamates (subject to hydrolysis) is 1. The second-order valence-electron chi connectivity index (χ2n) is 7.69. The Labute approximate surface area is 207 Å². The molecule has 2 amide bonds. The number of non-ortho nitro benzene ring substituents is 2. The van der Waals surface area contributed by atoms with Gasteiger partial charge in [0.25, 0.3) is 11.4 Å². The summed E-state index contributed by atoms with van der Waals surface area (Å²) in [5.74, 6) is -2.48.